The van der Waals surface area contributed by atoms with Crippen LogP contribution in [-0.4, -0.2) is 23.9 Å². The van der Waals surface area contributed by atoms with Crippen LogP contribution in [0.2, 0.25) is 5.02 Å². The average Bonchev–Trinajstić information content (AvgIpc) is 2.48. The SMILES string of the molecule is CCN(/C=C(/C#N)C(=O)NCc1ccc(Cl)cc1)CC. The van der Waals surface area contributed by atoms with Crippen LogP contribution in [-0.2, 0) is 11.3 Å². The fraction of sp³-hybridized carbons (Fsp3) is 0.333. The summed E-state index contributed by atoms with van der Waals surface area (Å²) in [7, 11) is 0. The molecule has 0 bridgehead atoms. The highest BCUT2D eigenvalue weighted by Crippen LogP contribution is 2.09. The van der Waals surface area contributed by atoms with Crippen molar-refractivity contribution in [1.29, 1.82) is 5.26 Å². The third-order valence-corrected chi connectivity index (χ3v) is 3.11. The Hall–Kier alpha value is -1.99. The summed E-state index contributed by atoms with van der Waals surface area (Å²) in [6, 6.07) is 9.13. The minimum absolute atomic E-state index is 0.114. The lowest BCUT2D eigenvalue weighted by Gasteiger charge is -2.15. The molecule has 1 aromatic rings. The molecule has 0 saturated heterocycles. The monoisotopic (exact) mass is 291 g/mol. The number of nitriles is 1. The Morgan fingerprint density at radius 3 is 2.45 bits per heavy atom. The summed E-state index contributed by atoms with van der Waals surface area (Å²) in [5.74, 6) is -0.366. The maximum absolute atomic E-state index is 11.9. The number of nitrogens with one attached hydrogen (secondary N) is 1. The van der Waals surface area contributed by atoms with Crippen molar-refractivity contribution < 1.29 is 4.79 Å². The van der Waals surface area contributed by atoms with E-state index in [2.05, 4.69) is 5.32 Å². The summed E-state index contributed by atoms with van der Waals surface area (Å²) in [5, 5.41) is 12.4. The second-order valence-corrected chi connectivity index (χ2v) is 4.62. The number of hydrogen-bond donors (Lipinski definition) is 1. The van der Waals surface area contributed by atoms with Crippen LogP contribution < -0.4 is 5.32 Å². The van der Waals surface area contributed by atoms with Crippen LogP contribution in [0.25, 0.3) is 0 Å². The standard InChI is InChI=1S/C15H18ClN3O/c1-3-19(4-2)11-13(9-17)15(20)18-10-12-5-7-14(16)8-6-12/h5-8,11H,3-4,10H2,1-2H3,(H,18,20)/b13-11-. The van der Waals surface area contributed by atoms with Gasteiger partial charge in [-0.1, -0.05) is 23.7 Å². The van der Waals surface area contributed by atoms with Gasteiger partial charge in [0.1, 0.15) is 11.6 Å². The molecule has 0 spiro atoms. The van der Waals surface area contributed by atoms with Gasteiger partial charge in [-0.3, -0.25) is 4.79 Å². The molecule has 0 aliphatic carbocycles. The molecule has 106 valence electrons. The van der Waals surface area contributed by atoms with E-state index < -0.39 is 0 Å². The molecule has 1 N–H and O–H groups in total. The number of benzene rings is 1. The van der Waals surface area contributed by atoms with E-state index in [-0.39, 0.29) is 11.5 Å². The molecule has 1 rings (SSSR count). The van der Waals surface area contributed by atoms with Crippen molar-refractivity contribution in [2.75, 3.05) is 13.1 Å². The quantitative estimate of drug-likeness (QED) is 0.647. The molecule has 5 heteroatoms. The van der Waals surface area contributed by atoms with E-state index >= 15 is 0 Å². The Morgan fingerprint density at radius 1 is 1.35 bits per heavy atom. The first-order valence-electron chi connectivity index (χ1n) is 6.49. The molecule has 0 radical (unpaired) electrons. The van der Waals surface area contributed by atoms with Gasteiger partial charge in [0.2, 0.25) is 0 Å². The van der Waals surface area contributed by atoms with E-state index in [1.54, 1.807) is 18.3 Å². The summed E-state index contributed by atoms with van der Waals surface area (Å²) in [6.07, 6.45) is 1.59. The first-order valence-corrected chi connectivity index (χ1v) is 6.87. The molecule has 0 aliphatic heterocycles. The summed E-state index contributed by atoms with van der Waals surface area (Å²) in [5.41, 5.74) is 1.05. The van der Waals surface area contributed by atoms with Crippen molar-refractivity contribution in [3.63, 3.8) is 0 Å². The number of hydrogen-bond acceptors (Lipinski definition) is 3. The van der Waals surface area contributed by atoms with Crippen molar-refractivity contribution >= 4 is 17.5 Å². The highest BCUT2D eigenvalue weighted by atomic mass is 35.5. The topological polar surface area (TPSA) is 56.1 Å². The fourth-order valence-corrected chi connectivity index (χ4v) is 1.73. The zero-order chi connectivity index (χ0) is 15.0. The van der Waals surface area contributed by atoms with Crippen molar-refractivity contribution in [2.24, 2.45) is 0 Å². The molecular weight excluding hydrogens is 274 g/mol. The van der Waals surface area contributed by atoms with Gasteiger partial charge in [-0.25, -0.2) is 0 Å². The number of carbonyl (C=O) groups excluding carboxylic acids is 1. The number of amides is 1. The molecular formula is C15H18ClN3O. The van der Waals surface area contributed by atoms with E-state index in [0.29, 0.717) is 11.6 Å². The largest absolute Gasteiger partial charge is 0.377 e. The van der Waals surface area contributed by atoms with Crippen LogP contribution in [0.1, 0.15) is 19.4 Å². The molecule has 1 amide bonds. The molecule has 0 aromatic heterocycles. The Bertz CT molecular complexity index is 513. The lowest BCUT2D eigenvalue weighted by Crippen LogP contribution is -2.26. The highest BCUT2D eigenvalue weighted by molar-refractivity contribution is 6.30. The molecule has 0 unspecified atom stereocenters. The molecule has 0 heterocycles. The van der Waals surface area contributed by atoms with Crippen molar-refractivity contribution in [3.8, 4) is 6.07 Å². The van der Waals surface area contributed by atoms with Crippen LogP contribution in [0.5, 0.6) is 0 Å². The van der Waals surface area contributed by atoms with Gasteiger partial charge in [0.15, 0.2) is 0 Å². The lowest BCUT2D eigenvalue weighted by atomic mass is 10.2. The third-order valence-electron chi connectivity index (χ3n) is 2.86. The van der Waals surface area contributed by atoms with Crippen LogP contribution >= 0.6 is 11.6 Å². The second kappa shape index (κ2) is 8.23. The van der Waals surface area contributed by atoms with Gasteiger partial charge in [0, 0.05) is 30.9 Å². The zero-order valence-electron chi connectivity index (χ0n) is 11.7. The van der Waals surface area contributed by atoms with Gasteiger partial charge < -0.3 is 10.2 Å². The summed E-state index contributed by atoms with van der Waals surface area (Å²) in [6.45, 7) is 5.83. The molecule has 4 nitrogen and oxygen atoms in total. The van der Waals surface area contributed by atoms with Gasteiger partial charge in [-0.05, 0) is 31.5 Å². The molecule has 20 heavy (non-hydrogen) atoms. The maximum atomic E-state index is 11.9. The molecule has 0 aliphatic rings. The van der Waals surface area contributed by atoms with Crippen molar-refractivity contribution in [1.82, 2.24) is 10.2 Å². The Labute approximate surface area is 124 Å². The van der Waals surface area contributed by atoms with Crippen LogP contribution in [0, 0.1) is 11.3 Å². The minimum atomic E-state index is -0.366. The molecule has 0 fully saturated rings. The van der Waals surface area contributed by atoms with Crippen molar-refractivity contribution in [2.45, 2.75) is 20.4 Å². The summed E-state index contributed by atoms with van der Waals surface area (Å²) in [4.78, 5) is 13.8. The van der Waals surface area contributed by atoms with Crippen LogP contribution in [0.3, 0.4) is 0 Å². The van der Waals surface area contributed by atoms with E-state index in [0.717, 1.165) is 18.7 Å². The van der Waals surface area contributed by atoms with E-state index in [9.17, 15) is 4.79 Å². The van der Waals surface area contributed by atoms with Gasteiger partial charge in [-0.2, -0.15) is 5.26 Å². The van der Waals surface area contributed by atoms with Gasteiger partial charge in [-0.15, -0.1) is 0 Å². The predicted molar refractivity (Wildman–Crippen MR) is 79.9 cm³/mol. The first-order chi connectivity index (χ1) is 9.60. The van der Waals surface area contributed by atoms with Crippen LogP contribution in [0.15, 0.2) is 36.0 Å². The number of nitrogens with zero attached hydrogens (tertiary/aromatic N) is 2. The molecule has 1 aromatic carbocycles. The Morgan fingerprint density at radius 2 is 1.95 bits per heavy atom. The van der Waals surface area contributed by atoms with Crippen LogP contribution in [0.4, 0.5) is 0 Å². The zero-order valence-corrected chi connectivity index (χ0v) is 12.4. The second-order valence-electron chi connectivity index (χ2n) is 4.18. The summed E-state index contributed by atoms with van der Waals surface area (Å²) >= 11 is 5.79. The Kier molecular flexibility index (Phi) is 6.61. The normalized spacial score (nSPS) is 10.8. The first kappa shape index (κ1) is 16.1. The van der Waals surface area contributed by atoms with Gasteiger partial charge in [0.25, 0.3) is 5.91 Å². The van der Waals surface area contributed by atoms with Gasteiger partial charge >= 0.3 is 0 Å². The van der Waals surface area contributed by atoms with E-state index in [4.69, 9.17) is 16.9 Å². The molecule has 0 saturated carbocycles. The van der Waals surface area contributed by atoms with E-state index in [1.165, 1.54) is 0 Å². The fourth-order valence-electron chi connectivity index (χ4n) is 1.61. The van der Waals surface area contributed by atoms with Gasteiger partial charge in [0.05, 0.1) is 0 Å². The average molecular weight is 292 g/mol. The maximum Gasteiger partial charge on any atom is 0.263 e. The number of halogens is 1. The van der Waals surface area contributed by atoms with Crippen molar-refractivity contribution in [3.05, 3.63) is 46.6 Å². The lowest BCUT2D eigenvalue weighted by molar-refractivity contribution is -0.117. The number of rotatable bonds is 6. The summed E-state index contributed by atoms with van der Waals surface area (Å²) < 4.78 is 0. The third kappa shape index (κ3) is 4.94. The highest BCUT2D eigenvalue weighted by Gasteiger charge is 2.09. The molecule has 0 atom stereocenters. The predicted octanol–water partition coefficient (Wildman–Crippen LogP) is 2.71. The van der Waals surface area contributed by atoms with E-state index in [1.807, 2.05) is 36.9 Å². The minimum Gasteiger partial charge on any atom is -0.377 e. The Balaban J connectivity index is 2.64. The number of carbonyl (C=O) groups is 1. The smallest absolute Gasteiger partial charge is 0.263 e.